The van der Waals surface area contributed by atoms with Crippen molar-refractivity contribution in [3.8, 4) is 0 Å². The largest absolute Gasteiger partial charge is 0.369 e. The summed E-state index contributed by atoms with van der Waals surface area (Å²) in [5, 5.41) is 0. The van der Waals surface area contributed by atoms with Crippen molar-refractivity contribution in [3.05, 3.63) is 35.4 Å². The average Bonchev–Trinajstić information content (AvgIpc) is 2.04. The average molecular weight is 168 g/mol. The molecule has 1 atom stereocenters. The monoisotopic (exact) mass is 168 g/mol. The molecule has 2 nitrogen and oxygen atoms in total. The van der Waals surface area contributed by atoms with Gasteiger partial charge in [-0.3, -0.25) is 4.79 Å². The Hall–Kier alpha value is -0.720. The van der Waals surface area contributed by atoms with Crippen molar-refractivity contribution in [2.24, 2.45) is 0 Å². The van der Waals surface area contributed by atoms with Crippen LogP contribution in [0.15, 0.2) is 24.3 Å². The summed E-state index contributed by atoms with van der Waals surface area (Å²) < 4.78 is 0. The standard InChI is InChI=1S/C8H9O2P/c1-6-4-2-3-5-7(6)8(9)11-10/h2-5,10-11H,1H3. The minimum absolute atomic E-state index is 0.192. The van der Waals surface area contributed by atoms with Gasteiger partial charge in [0.1, 0.15) is 0 Å². The lowest BCUT2D eigenvalue weighted by atomic mass is 10.1. The van der Waals surface area contributed by atoms with Gasteiger partial charge in [-0.1, -0.05) is 24.3 Å². The highest BCUT2D eigenvalue weighted by atomic mass is 31.1. The summed E-state index contributed by atoms with van der Waals surface area (Å²) in [6.07, 6.45) is 0. The second kappa shape index (κ2) is 3.61. The molecule has 0 amide bonds. The van der Waals surface area contributed by atoms with Crippen LogP contribution in [0.4, 0.5) is 0 Å². The number of hydrogen-bond donors (Lipinski definition) is 1. The van der Waals surface area contributed by atoms with Gasteiger partial charge in [0.25, 0.3) is 0 Å². The molecule has 0 bridgehead atoms. The van der Waals surface area contributed by atoms with E-state index in [9.17, 15) is 4.79 Å². The maximum Gasteiger partial charge on any atom is 0.208 e. The minimum Gasteiger partial charge on any atom is -0.369 e. The molecular formula is C8H9O2P. The molecule has 0 heterocycles. The van der Waals surface area contributed by atoms with Gasteiger partial charge < -0.3 is 4.89 Å². The van der Waals surface area contributed by atoms with Crippen LogP contribution < -0.4 is 0 Å². The van der Waals surface area contributed by atoms with E-state index in [2.05, 4.69) is 0 Å². The van der Waals surface area contributed by atoms with E-state index in [0.29, 0.717) is 5.56 Å². The third-order valence-corrected chi connectivity index (χ3v) is 1.96. The molecule has 1 N–H and O–H groups in total. The highest BCUT2D eigenvalue weighted by Crippen LogP contribution is 2.16. The molecule has 58 valence electrons. The summed E-state index contributed by atoms with van der Waals surface area (Å²) in [5.74, 6) is 0. The van der Waals surface area contributed by atoms with Gasteiger partial charge >= 0.3 is 0 Å². The molecule has 11 heavy (non-hydrogen) atoms. The van der Waals surface area contributed by atoms with E-state index in [0.717, 1.165) is 5.56 Å². The number of carbonyl (C=O) groups excluding carboxylic acids is 1. The van der Waals surface area contributed by atoms with Crippen molar-refractivity contribution in [3.63, 3.8) is 0 Å². The van der Waals surface area contributed by atoms with Crippen LogP contribution in [0, 0.1) is 6.92 Å². The quantitative estimate of drug-likeness (QED) is 0.682. The van der Waals surface area contributed by atoms with Gasteiger partial charge in [0, 0.05) is 5.56 Å². The molecule has 0 saturated heterocycles. The van der Waals surface area contributed by atoms with Crippen molar-refractivity contribution < 1.29 is 9.69 Å². The first kappa shape index (κ1) is 8.38. The van der Waals surface area contributed by atoms with Crippen molar-refractivity contribution >= 4 is 14.3 Å². The molecule has 0 aromatic heterocycles. The molecule has 3 heteroatoms. The lowest BCUT2D eigenvalue weighted by Crippen LogP contribution is -1.93. The van der Waals surface area contributed by atoms with Gasteiger partial charge in [-0.15, -0.1) is 0 Å². The molecule has 1 aromatic rings. The predicted octanol–water partition coefficient (Wildman–Crippen LogP) is 1.72. The Morgan fingerprint density at radius 3 is 2.64 bits per heavy atom. The molecule has 0 aliphatic rings. The van der Waals surface area contributed by atoms with Crippen LogP contribution in [-0.4, -0.2) is 10.4 Å². The van der Waals surface area contributed by atoms with E-state index >= 15 is 0 Å². The molecule has 0 spiro atoms. The fraction of sp³-hybridized carbons (Fsp3) is 0.125. The highest BCUT2D eigenvalue weighted by Gasteiger charge is 2.05. The van der Waals surface area contributed by atoms with Gasteiger partial charge in [-0.05, 0) is 12.5 Å². The van der Waals surface area contributed by atoms with Gasteiger partial charge in [-0.2, -0.15) is 0 Å². The molecule has 0 radical (unpaired) electrons. The number of hydrogen-bond acceptors (Lipinski definition) is 2. The van der Waals surface area contributed by atoms with Crippen LogP contribution in [0.25, 0.3) is 0 Å². The minimum atomic E-state index is -0.634. The van der Waals surface area contributed by atoms with E-state index in [4.69, 9.17) is 4.89 Å². The first-order valence-electron chi connectivity index (χ1n) is 3.26. The summed E-state index contributed by atoms with van der Waals surface area (Å²) in [6.45, 7) is 1.85. The van der Waals surface area contributed by atoms with Gasteiger partial charge in [-0.25, -0.2) is 0 Å². The van der Waals surface area contributed by atoms with Crippen LogP contribution in [0.2, 0.25) is 0 Å². The van der Waals surface area contributed by atoms with E-state index in [1.54, 1.807) is 12.1 Å². The lowest BCUT2D eigenvalue weighted by Gasteiger charge is -1.99. The summed E-state index contributed by atoms with van der Waals surface area (Å²) >= 11 is 0. The molecule has 0 aliphatic heterocycles. The SMILES string of the molecule is Cc1ccccc1C(=O)PO. The topological polar surface area (TPSA) is 37.3 Å². The molecule has 0 fully saturated rings. The van der Waals surface area contributed by atoms with E-state index in [-0.39, 0.29) is 5.52 Å². The normalized spacial score (nSPS) is 10.7. The summed E-state index contributed by atoms with van der Waals surface area (Å²) in [5.41, 5.74) is 1.34. The van der Waals surface area contributed by atoms with E-state index in [1.165, 1.54) is 0 Å². The van der Waals surface area contributed by atoms with Crippen LogP contribution >= 0.6 is 8.81 Å². The van der Waals surface area contributed by atoms with E-state index < -0.39 is 8.81 Å². The Balaban J connectivity index is 3.03. The van der Waals surface area contributed by atoms with Crippen LogP contribution in [0.5, 0.6) is 0 Å². The van der Waals surface area contributed by atoms with Crippen LogP contribution in [-0.2, 0) is 0 Å². The van der Waals surface area contributed by atoms with Crippen LogP contribution in [0.1, 0.15) is 15.9 Å². The fourth-order valence-corrected chi connectivity index (χ4v) is 1.29. The Kier molecular flexibility index (Phi) is 2.75. The third kappa shape index (κ3) is 1.86. The van der Waals surface area contributed by atoms with Gasteiger partial charge in [0.05, 0.1) is 8.81 Å². The van der Waals surface area contributed by atoms with Crippen molar-refractivity contribution in [2.45, 2.75) is 6.92 Å². The maximum absolute atomic E-state index is 11.0. The first-order chi connectivity index (χ1) is 5.25. The molecule has 1 rings (SSSR count). The second-order valence-corrected chi connectivity index (χ2v) is 2.93. The lowest BCUT2D eigenvalue weighted by molar-refractivity contribution is 0.107. The Morgan fingerprint density at radius 2 is 2.09 bits per heavy atom. The Morgan fingerprint density at radius 1 is 1.45 bits per heavy atom. The molecule has 1 unspecified atom stereocenters. The number of benzene rings is 1. The summed E-state index contributed by atoms with van der Waals surface area (Å²) in [4.78, 5) is 19.6. The highest BCUT2D eigenvalue weighted by molar-refractivity contribution is 7.53. The van der Waals surface area contributed by atoms with Crippen molar-refractivity contribution in [1.82, 2.24) is 0 Å². The van der Waals surface area contributed by atoms with Gasteiger partial charge in [0.2, 0.25) is 5.52 Å². The number of aryl methyl sites for hydroxylation is 1. The molecule has 0 aliphatic carbocycles. The fourth-order valence-electron chi connectivity index (χ4n) is 0.888. The van der Waals surface area contributed by atoms with Crippen LogP contribution in [0.3, 0.4) is 0 Å². The number of rotatable bonds is 2. The Bertz CT molecular complexity index is 271. The zero-order valence-electron chi connectivity index (χ0n) is 6.16. The first-order valence-corrected chi connectivity index (χ1v) is 4.20. The zero-order chi connectivity index (χ0) is 8.27. The summed E-state index contributed by atoms with van der Waals surface area (Å²) in [6, 6.07) is 7.24. The van der Waals surface area contributed by atoms with Gasteiger partial charge in [0.15, 0.2) is 0 Å². The summed E-state index contributed by atoms with van der Waals surface area (Å²) in [7, 11) is -0.634. The van der Waals surface area contributed by atoms with Crippen molar-refractivity contribution in [2.75, 3.05) is 0 Å². The molecule has 0 saturated carbocycles. The molecular weight excluding hydrogens is 159 g/mol. The Labute approximate surface area is 67.1 Å². The van der Waals surface area contributed by atoms with E-state index in [1.807, 2.05) is 19.1 Å². The smallest absolute Gasteiger partial charge is 0.208 e. The number of carbonyl (C=O) groups is 1. The zero-order valence-corrected chi connectivity index (χ0v) is 7.16. The molecule has 1 aromatic carbocycles. The third-order valence-electron chi connectivity index (χ3n) is 1.49. The van der Waals surface area contributed by atoms with Crippen molar-refractivity contribution in [1.29, 1.82) is 0 Å². The maximum atomic E-state index is 11.0. The predicted molar refractivity (Wildman–Crippen MR) is 46.0 cm³/mol. The second-order valence-electron chi connectivity index (χ2n) is 2.26.